The molecule has 0 aliphatic heterocycles. The van der Waals surface area contributed by atoms with Gasteiger partial charge in [-0.25, -0.2) is 18.1 Å². The number of nitrogens with one attached hydrogen (secondary N) is 2. The van der Waals surface area contributed by atoms with Gasteiger partial charge in [-0.2, -0.15) is 0 Å². The molecule has 98 valence electrons. The molecule has 2 N–H and O–H groups in total. The van der Waals surface area contributed by atoms with Gasteiger partial charge in [0.2, 0.25) is 0 Å². The summed E-state index contributed by atoms with van der Waals surface area (Å²) in [5.74, 6) is 0.662. The molecule has 0 radical (unpaired) electrons. The number of imidazole rings is 1. The van der Waals surface area contributed by atoms with Crippen molar-refractivity contribution >= 4 is 10.0 Å². The van der Waals surface area contributed by atoms with Crippen molar-refractivity contribution in [1.29, 1.82) is 0 Å². The maximum atomic E-state index is 12.0. The molecule has 2 heterocycles. The van der Waals surface area contributed by atoms with Crippen LogP contribution in [0.3, 0.4) is 0 Å². The Morgan fingerprint density at radius 3 is 2.83 bits per heavy atom. The lowest BCUT2D eigenvalue weighted by Gasteiger charge is -2.02. The molecule has 2 rings (SSSR count). The third-order valence-electron chi connectivity index (χ3n) is 2.59. The zero-order chi connectivity index (χ0) is 13.2. The van der Waals surface area contributed by atoms with Crippen molar-refractivity contribution < 1.29 is 8.42 Å². The van der Waals surface area contributed by atoms with Crippen LogP contribution >= 0.6 is 0 Å². The molecule has 0 amide bonds. The first kappa shape index (κ1) is 12.8. The Morgan fingerprint density at radius 2 is 2.28 bits per heavy atom. The van der Waals surface area contributed by atoms with E-state index < -0.39 is 10.0 Å². The number of aryl methyl sites for hydroxylation is 2. The van der Waals surface area contributed by atoms with Gasteiger partial charge in [-0.05, 0) is 11.6 Å². The van der Waals surface area contributed by atoms with Gasteiger partial charge < -0.3 is 9.55 Å². The first-order chi connectivity index (χ1) is 8.51. The highest BCUT2D eigenvalue weighted by molar-refractivity contribution is 7.89. The van der Waals surface area contributed by atoms with E-state index in [1.165, 1.54) is 6.20 Å². The molecule has 2 aromatic rings. The fraction of sp³-hybridized carbons (Fsp3) is 0.364. The number of hydrogen-bond donors (Lipinski definition) is 2. The standard InChI is InChI=1S/C11H16N4O2S/c1-3-10-12-7-11(14-10)18(16,17)13-6-9-4-5-15(2)8-9/h4-5,7-8,13H,3,6H2,1-2H3,(H,12,14). The van der Waals surface area contributed by atoms with Crippen molar-refractivity contribution in [3.05, 3.63) is 36.0 Å². The van der Waals surface area contributed by atoms with E-state index in [1.807, 2.05) is 37.0 Å². The molecule has 6 nitrogen and oxygen atoms in total. The first-order valence-corrected chi connectivity index (χ1v) is 7.14. The molecule has 0 spiro atoms. The number of aromatic amines is 1. The van der Waals surface area contributed by atoms with Crippen LogP contribution in [-0.4, -0.2) is 23.0 Å². The predicted molar refractivity (Wildman–Crippen MR) is 67.4 cm³/mol. The van der Waals surface area contributed by atoms with E-state index in [1.54, 1.807) is 0 Å². The number of H-pyrrole nitrogens is 1. The maximum absolute atomic E-state index is 12.0. The summed E-state index contributed by atoms with van der Waals surface area (Å²) in [5, 5.41) is 0.107. The van der Waals surface area contributed by atoms with Gasteiger partial charge in [-0.15, -0.1) is 0 Å². The van der Waals surface area contributed by atoms with Crippen LogP contribution in [0.25, 0.3) is 0 Å². The third-order valence-corrected chi connectivity index (χ3v) is 3.90. The lowest BCUT2D eigenvalue weighted by Crippen LogP contribution is -2.23. The highest BCUT2D eigenvalue weighted by atomic mass is 32.2. The summed E-state index contributed by atoms with van der Waals surface area (Å²) in [4.78, 5) is 6.76. The van der Waals surface area contributed by atoms with Crippen LogP contribution in [-0.2, 0) is 30.0 Å². The second kappa shape index (κ2) is 4.95. The fourth-order valence-electron chi connectivity index (χ4n) is 1.58. The lowest BCUT2D eigenvalue weighted by molar-refractivity contribution is 0.577. The lowest BCUT2D eigenvalue weighted by atomic mass is 10.4. The minimum Gasteiger partial charge on any atom is -0.357 e. The van der Waals surface area contributed by atoms with Gasteiger partial charge in [0.1, 0.15) is 5.82 Å². The van der Waals surface area contributed by atoms with E-state index in [4.69, 9.17) is 0 Å². The van der Waals surface area contributed by atoms with E-state index in [2.05, 4.69) is 14.7 Å². The quantitative estimate of drug-likeness (QED) is 0.841. The molecular weight excluding hydrogens is 252 g/mol. The van der Waals surface area contributed by atoms with Crippen molar-refractivity contribution in [2.45, 2.75) is 24.9 Å². The Kier molecular flexibility index (Phi) is 3.53. The second-order valence-corrected chi connectivity index (χ2v) is 5.79. The first-order valence-electron chi connectivity index (χ1n) is 5.65. The van der Waals surface area contributed by atoms with Gasteiger partial charge in [-0.1, -0.05) is 6.92 Å². The van der Waals surface area contributed by atoms with Gasteiger partial charge in [0.15, 0.2) is 5.03 Å². The molecule has 0 fully saturated rings. The molecule has 0 atom stereocenters. The fourth-order valence-corrected chi connectivity index (χ4v) is 2.54. The van der Waals surface area contributed by atoms with Crippen LogP contribution < -0.4 is 4.72 Å². The average molecular weight is 268 g/mol. The summed E-state index contributed by atoms with van der Waals surface area (Å²) in [6.07, 6.45) is 5.75. The van der Waals surface area contributed by atoms with Gasteiger partial charge in [0, 0.05) is 32.4 Å². The van der Waals surface area contributed by atoms with E-state index in [9.17, 15) is 8.42 Å². The summed E-state index contributed by atoms with van der Waals surface area (Å²) in [5.41, 5.74) is 0.913. The van der Waals surface area contributed by atoms with Crippen molar-refractivity contribution in [2.75, 3.05) is 0 Å². The number of nitrogens with zero attached hydrogens (tertiary/aromatic N) is 2. The van der Waals surface area contributed by atoms with E-state index in [0.717, 1.165) is 5.56 Å². The molecule has 18 heavy (non-hydrogen) atoms. The normalized spacial score (nSPS) is 11.9. The Balaban J connectivity index is 2.07. The number of sulfonamides is 1. The van der Waals surface area contributed by atoms with Crippen LogP contribution in [0.5, 0.6) is 0 Å². The SMILES string of the molecule is CCc1ncc(S(=O)(=O)NCc2ccn(C)c2)[nH]1. The minimum atomic E-state index is -3.52. The van der Waals surface area contributed by atoms with Crippen LogP contribution in [0.1, 0.15) is 18.3 Å². The zero-order valence-corrected chi connectivity index (χ0v) is 11.2. The van der Waals surface area contributed by atoms with Gasteiger partial charge in [0.05, 0.1) is 6.20 Å². The van der Waals surface area contributed by atoms with Crippen LogP contribution in [0.2, 0.25) is 0 Å². The average Bonchev–Trinajstić information content (AvgIpc) is 2.95. The molecule has 0 unspecified atom stereocenters. The Bertz CT molecular complexity index is 627. The number of aromatic nitrogens is 3. The molecule has 0 bridgehead atoms. The molecular formula is C11H16N4O2S. The largest absolute Gasteiger partial charge is 0.357 e. The molecule has 0 aliphatic carbocycles. The minimum absolute atomic E-state index is 0.107. The Labute approximate surface area is 106 Å². The zero-order valence-electron chi connectivity index (χ0n) is 10.3. The molecule has 7 heteroatoms. The van der Waals surface area contributed by atoms with Crippen LogP contribution in [0.15, 0.2) is 29.7 Å². The summed E-state index contributed by atoms with van der Waals surface area (Å²) >= 11 is 0. The van der Waals surface area contributed by atoms with Crippen molar-refractivity contribution in [3.63, 3.8) is 0 Å². The summed E-state index contributed by atoms with van der Waals surface area (Å²) in [6.45, 7) is 2.18. The Hall–Kier alpha value is -1.60. The number of hydrogen-bond acceptors (Lipinski definition) is 3. The monoisotopic (exact) mass is 268 g/mol. The second-order valence-electron chi connectivity index (χ2n) is 4.06. The highest BCUT2D eigenvalue weighted by Crippen LogP contribution is 2.07. The van der Waals surface area contributed by atoms with Gasteiger partial charge in [-0.3, -0.25) is 0 Å². The maximum Gasteiger partial charge on any atom is 0.257 e. The topological polar surface area (TPSA) is 79.8 Å². The van der Waals surface area contributed by atoms with E-state index in [-0.39, 0.29) is 11.6 Å². The molecule has 2 aromatic heterocycles. The highest BCUT2D eigenvalue weighted by Gasteiger charge is 2.16. The van der Waals surface area contributed by atoms with Gasteiger partial charge >= 0.3 is 0 Å². The smallest absolute Gasteiger partial charge is 0.257 e. The molecule has 0 aliphatic rings. The summed E-state index contributed by atoms with van der Waals surface area (Å²) in [6, 6.07) is 1.87. The van der Waals surface area contributed by atoms with Crippen molar-refractivity contribution in [3.8, 4) is 0 Å². The molecule has 0 saturated carbocycles. The van der Waals surface area contributed by atoms with E-state index >= 15 is 0 Å². The van der Waals surface area contributed by atoms with Crippen molar-refractivity contribution in [1.82, 2.24) is 19.3 Å². The Morgan fingerprint density at radius 1 is 1.50 bits per heavy atom. The van der Waals surface area contributed by atoms with Gasteiger partial charge in [0.25, 0.3) is 10.0 Å². The molecule has 0 saturated heterocycles. The molecule has 0 aromatic carbocycles. The van der Waals surface area contributed by atoms with Crippen molar-refractivity contribution in [2.24, 2.45) is 7.05 Å². The summed E-state index contributed by atoms with van der Waals surface area (Å²) in [7, 11) is -1.63. The van der Waals surface area contributed by atoms with E-state index in [0.29, 0.717) is 12.2 Å². The number of rotatable bonds is 5. The van der Waals surface area contributed by atoms with Crippen LogP contribution in [0.4, 0.5) is 0 Å². The summed E-state index contributed by atoms with van der Waals surface area (Å²) < 4.78 is 28.3. The predicted octanol–water partition coefficient (Wildman–Crippen LogP) is 0.789. The third kappa shape index (κ3) is 2.80. The van der Waals surface area contributed by atoms with Crippen LogP contribution in [0, 0.1) is 0 Å².